The van der Waals surface area contributed by atoms with E-state index in [2.05, 4.69) is 20.3 Å². The molecule has 2 aromatic carbocycles. The maximum Gasteiger partial charge on any atom is 0.216 e. The summed E-state index contributed by atoms with van der Waals surface area (Å²) in [7, 11) is 0. The van der Waals surface area contributed by atoms with Gasteiger partial charge in [-0.15, -0.1) is 0 Å². The van der Waals surface area contributed by atoms with E-state index in [1.165, 1.54) is 0 Å². The first kappa shape index (κ1) is 16.9. The van der Waals surface area contributed by atoms with Gasteiger partial charge in [0.15, 0.2) is 0 Å². The Kier molecular flexibility index (Phi) is 4.84. The number of H-pyrrole nitrogens is 1. The Morgan fingerprint density at radius 2 is 1.78 bits per heavy atom. The van der Waals surface area contributed by atoms with E-state index in [0.29, 0.717) is 16.3 Å². The minimum Gasteiger partial charge on any atom is -0.457 e. The smallest absolute Gasteiger partial charge is 0.216 e. The molecule has 7 heteroatoms. The average molecular weight is 373 g/mol. The summed E-state index contributed by atoms with van der Waals surface area (Å²) in [4.78, 5) is 4.30. The van der Waals surface area contributed by atoms with Gasteiger partial charge >= 0.3 is 0 Å². The van der Waals surface area contributed by atoms with Crippen LogP contribution in [0.1, 0.15) is 5.56 Å². The standard InChI is InChI=1S/C20H15N5OS/c27-20-24-23-19(18-11-4-5-12-21-18)25(20)22-14-15-7-6-10-17(13-15)26-16-8-2-1-3-9-16/h1-14H,(H,24,27). The first-order valence-corrected chi connectivity index (χ1v) is 8.66. The van der Waals surface area contributed by atoms with E-state index in [9.17, 15) is 0 Å². The van der Waals surface area contributed by atoms with Crippen LogP contribution in [0.4, 0.5) is 0 Å². The summed E-state index contributed by atoms with van der Waals surface area (Å²) in [6.07, 6.45) is 3.40. The number of hydrogen-bond donors (Lipinski definition) is 1. The van der Waals surface area contributed by atoms with Crippen molar-refractivity contribution in [2.24, 2.45) is 5.10 Å². The topological polar surface area (TPSA) is 68.1 Å². The van der Waals surface area contributed by atoms with Crippen LogP contribution in [0.2, 0.25) is 0 Å². The third kappa shape index (κ3) is 3.99. The maximum absolute atomic E-state index is 5.86. The summed E-state index contributed by atoms with van der Waals surface area (Å²) >= 11 is 5.28. The van der Waals surface area contributed by atoms with E-state index in [1.807, 2.05) is 72.8 Å². The van der Waals surface area contributed by atoms with Crippen molar-refractivity contribution >= 4 is 18.4 Å². The minimum atomic E-state index is 0.392. The van der Waals surface area contributed by atoms with Gasteiger partial charge in [0.1, 0.15) is 17.2 Å². The van der Waals surface area contributed by atoms with Crippen LogP contribution in [0, 0.1) is 4.77 Å². The monoisotopic (exact) mass is 373 g/mol. The van der Waals surface area contributed by atoms with Crippen molar-refractivity contribution in [3.8, 4) is 23.0 Å². The lowest BCUT2D eigenvalue weighted by Crippen LogP contribution is -1.96. The quantitative estimate of drug-likeness (QED) is 0.407. The molecule has 0 radical (unpaired) electrons. The Morgan fingerprint density at radius 3 is 2.59 bits per heavy atom. The van der Waals surface area contributed by atoms with Crippen LogP contribution in [0.5, 0.6) is 11.5 Å². The van der Waals surface area contributed by atoms with Gasteiger partial charge in [0.05, 0.1) is 6.21 Å². The zero-order valence-electron chi connectivity index (χ0n) is 14.2. The third-order valence-corrected chi connectivity index (χ3v) is 3.97. The lowest BCUT2D eigenvalue weighted by atomic mass is 10.2. The maximum atomic E-state index is 5.86. The molecule has 0 aliphatic rings. The molecule has 1 N–H and O–H groups in total. The number of benzene rings is 2. The second-order valence-corrected chi connectivity index (χ2v) is 6.00. The van der Waals surface area contributed by atoms with Gasteiger partial charge in [-0.25, -0.2) is 5.10 Å². The highest BCUT2D eigenvalue weighted by atomic mass is 32.1. The highest BCUT2D eigenvalue weighted by Gasteiger charge is 2.08. The Hall–Kier alpha value is -3.58. The summed E-state index contributed by atoms with van der Waals surface area (Å²) in [6.45, 7) is 0. The second-order valence-electron chi connectivity index (χ2n) is 5.61. The molecule has 4 aromatic rings. The van der Waals surface area contributed by atoms with E-state index >= 15 is 0 Å². The number of hydrogen-bond acceptors (Lipinski definition) is 5. The normalized spacial score (nSPS) is 11.0. The molecular formula is C20H15N5OS. The molecule has 0 amide bonds. The predicted molar refractivity (Wildman–Crippen MR) is 107 cm³/mol. The zero-order chi connectivity index (χ0) is 18.5. The van der Waals surface area contributed by atoms with Gasteiger partial charge in [-0.2, -0.15) is 14.9 Å². The molecule has 0 aliphatic carbocycles. The van der Waals surface area contributed by atoms with E-state index in [4.69, 9.17) is 17.0 Å². The van der Waals surface area contributed by atoms with Crippen molar-refractivity contribution < 1.29 is 4.74 Å². The lowest BCUT2D eigenvalue weighted by Gasteiger charge is -2.05. The lowest BCUT2D eigenvalue weighted by molar-refractivity contribution is 0.482. The first-order chi connectivity index (χ1) is 13.3. The number of pyridine rings is 1. The molecule has 0 aliphatic heterocycles. The van der Waals surface area contributed by atoms with Crippen LogP contribution < -0.4 is 4.74 Å². The van der Waals surface area contributed by atoms with Crippen LogP contribution in [-0.2, 0) is 0 Å². The van der Waals surface area contributed by atoms with Crippen LogP contribution in [0.25, 0.3) is 11.5 Å². The van der Waals surface area contributed by atoms with Gasteiger partial charge in [0, 0.05) is 6.20 Å². The van der Waals surface area contributed by atoms with Crippen LogP contribution >= 0.6 is 12.2 Å². The van der Waals surface area contributed by atoms with Gasteiger partial charge < -0.3 is 4.74 Å². The van der Waals surface area contributed by atoms with Crippen molar-refractivity contribution in [3.63, 3.8) is 0 Å². The first-order valence-electron chi connectivity index (χ1n) is 8.26. The highest BCUT2D eigenvalue weighted by molar-refractivity contribution is 7.71. The number of ether oxygens (including phenoxy) is 1. The number of aromatic amines is 1. The van der Waals surface area contributed by atoms with Crippen molar-refractivity contribution in [2.75, 3.05) is 0 Å². The van der Waals surface area contributed by atoms with E-state index in [-0.39, 0.29) is 0 Å². The summed E-state index contributed by atoms with van der Waals surface area (Å²) in [5, 5.41) is 11.4. The fraction of sp³-hybridized carbons (Fsp3) is 0. The predicted octanol–water partition coefficient (Wildman–Crippen LogP) is 4.68. The number of rotatable bonds is 5. The summed E-state index contributed by atoms with van der Waals surface area (Å²) in [6, 6.07) is 22.9. The number of nitrogens with zero attached hydrogens (tertiary/aromatic N) is 4. The highest BCUT2D eigenvalue weighted by Crippen LogP contribution is 2.21. The fourth-order valence-corrected chi connectivity index (χ4v) is 2.65. The molecule has 0 fully saturated rings. The molecule has 0 unspecified atom stereocenters. The third-order valence-electron chi connectivity index (χ3n) is 3.70. The molecule has 0 bridgehead atoms. The largest absolute Gasteiger partial charge is 0.457 e. The van der Waals surface area contributed by atoms with Crippen molar-refractivity contribution in [1.82, 2.24) is 19.9 Å². The molecule has 0 saturated heterocycles. The Labute approximate surface area is 160 Å². The fourth-order valence-electron chi connectivity index (χ4n) is 2.47. The van der Waals surface area contributed by atoms with Crippen LogP contribution in [-0.4, -0.2) is 26.1 Å². The molecule has 0 saturated carbocycles. The van der Waals surface area contributed by atoms with E-state index in [1.54, 1.807) is 17.1 Å². The molecule has 4 rings (SSSR count). The summed E-state index contributed by atoms with van der Waals surface area (Å²) in [5.74, 6) is 2.06. The van der Waals surface area contributed by atoms with Crippen molar-refractivity contribution in [2.45, 2.75) is 0 Å². The second kappa shape index (κ2) is 7.76. The summed E-state index contributed by atoms with van der Waals surface area (Å²) < 4.78 is 7.79. The SMILES string of the molecule is S=c1[nH]nc(-c2ccccn2)n1N=Cc1cccc(Oc2ccccc2)c1. The minimum absolute atomic E-state index is 0.392. The molecule has 6 nitrogen and oxygen atoms in total. The molecule has 2 aromatic heterocycles. The van der Waals surface area contributed by atoms with Gasteiger partial charge in [0.25, 0.3) is 0 Å². The average Bonchev–Trinajstić information content (AvgIpc) is 3.09. The van der Waals surface area contributed by atoms with Crippen LogP contribution in [0.15, 0.2) is 84.1 Å². The molecule has 2 heterocycles. The Balaban J connectivity index is 1.60. The molecular weight excluding hydrogens is 358 g/mol. The van der Waals surface area contributed by atoms with E-state index in [0.717, 1.165) is 17.1 Å². The van der Waals surface area contributed by atoms with Gasteiger partial charge in [-0.1, -0.05) is 36.4 Å². The molecule has 0 atom stereocenters. The zero-order valence-corrected chi connectivity index (χ0v) is 15.0. The Morgan fingerprint density at radius 1 is 0.963 bits per heavy atom. The van der Waals surface area contributed by atoms with Gasteiger partial charge in [-0.3, -0.25) is 4.98 Å². The Bertz CT molecular complexity index is 1120. The van der Waals surface area contributed by atoms with E-state index < -0.39 is 0 Å². The molecule has 27 heavy (non-hydrogen) atoms. The molecule has 132 valence electrons. The van der Waals surface area contributed by atoms with Gasteiger partial charge in [0.2, 0.25) is 10.6 Å². The van der Waals surface area contributed by atoms with Crippen molar-refractivity contribution in [1.29, 1.82) is 0 Å². The number of para-hydroxylation sites is 1. The number of aromatic nitrogens is 4. The van der Waals surface area contributed by atoms with Crippen LogP contribution in [0.3, 0.4) is 0 Å². The van der Waals surface area contributed by atoms with Gasteiger partial charge in [-0.05, 0) is 54.2 Å². The molecule has 0 spiro atoms. The number of nitrogens with one attached hydrogen (secondary N) is 1. The summed E-state index contributed by atoms with van der Waals surface area (Å²) in [5.41, 5.74) is 1.56. The van der Waals surface area contributed by atoms with Crippen molar-refractivity contribution in [3.05, 3.63) is 89.3 Å².